The smallest absolute Gasteiger partial charge is 0.262 e. The summed E-state index contributed by atoms with van der Waals surface area (Å²) in [6.45, 7) is 0. The summed E-state index contributed by atoms with van der Waals surface area (Å²) in [4.78, 5) is 35.2. The summed E-state index contributed by atoms with van der Waals surface area (Å²) < 4.78 is 0. The number of hydrogen-bond donors (Lipinski definition) is 1. The Labute approximate surface area is 85.5 Å². The summed E-state index contributed by atoms with van der Waals surface area (Å²) in [5, 5.41) is 0. The van der Waals surface area contributed by atoms with E-state index in [1.165, 1.54) is 25.2 Å². The van der Waals surface area contributed by atoms with E-state index >= 15 is 0 Å². The second-order valence-electron chi connectivity index (χ2n) is 3.26. The van der Waals surface area contributed by atoms with Gasteiger partial charge in [0.05, 0.1) is 16.7 Å². The minimum absolute atomic E-state index is 0.0928. The minimum Gasteiger partial charge on any atom is -0.366 e. The van der Waals surface area contributed by atoms with Crippen LogP contribution in [0.5, 0.6) is 0 Å². The first-order chi connectivity index (χ1) is 7.04. The lowest BCUT2D eigenvalue weighted by atomic mass is 10.0. The van der Waals surface area contributed by atoms with Crippen LogP contribution in [0.1, 0.15) is 31.1 Å². The van der Waals surface area contributed by atoms with E-state index in [1.54, 1.807) is 0 Å². The first-order valence-corrected chi connectivity index (χ1v) is 4.29. The van der Waals surface area contributed by atoms with Crippen molar-refractivity contribution in [2.75, 3.05) is 7.05 Å². The third kappa shape index (κ3) is 1.13. The van der Waals surface area contributed by atoms with Crippen LogP contribution in [0.4, 0.5) is 0 Å². The van der Waals surface area contributed by atoms with Gasteiger partial charge in [0.2, 0.25) is 5.91 Å². The van der Waals surface area contributed by atoms with E-state index in [9.17, 15) is 14.4 Å². The van der Waals surface area contributed by atoms with Crippen molar-refractivity contribution < 1.29 is 14.4 Å². The molecule has 0 unspecified atom stereocenters. The number of amides is 3. The fourth-order valence-electron chi connectivity index (χ4n) is 1.61. The molecule has 0 saturated carbocycles. The molecular formula is C10H8N2O3. The van der Waals surface area contributed by atoms with Gasteiger partial charge in [-0.1, -0.05) is 6.07 Å². The Morgan fingerprint density at radius 3 is 2.53 bits per heavy atom. The number of carbonyl (C=O) groups is 3. The molecule has 0 aliphatic carbocycles. The Balaban J connectivity index is 2.74. The van der Waals surface area contributed by atoms with Crippen molar-refractivity contribution in [1.82, 2.24) is 4.90 Å². The predicted molar refractivity (Wildman–Crippen MR) is 51.4 cm³/mol. The van der Waals surface area contributed by atoms with Crippen LogP contribution in [0.25, 0.3) is 0 Å². The van der Waals surface area contributed by atoms with Crippen LogP contribution in [0.2, 0.25) is 0 Å². The SMILES string of the molecule is CN1C(=O)c2cccc(C(N)=O)c2C1=O. The number of hydrogen-bond acceptors (Lipinski definition) is 3. The number of carbonyl (C=O) groups excluding carboxylic acids is 3. The molecule has 0 aromatic heterocycles. The van der Waals surface area contributed by atoms with Crippen molar-refractivity contribution in [2.45, 2.75) is 0 Å². The molecule has 2 rings (SSSR count). The van der Waals surface area contributed by atoms with Gasteiger partial charge in [0.1, 0.15) is 0 Å². The molecule has 0 atom stereocenters. The molecule has 0 bridgehead atoms. The lowest BCUT2D eigenvalue weighted by molar-refractivity contribution is 0.0691. The summed E-state index contributed by atoms with van der Waals surface area (Å²) >= 11 is 0. The number of benzene rings is 1. The van der Waals surface area contributed by atoms with Crippen LogP contribution in [0, 0.1) is 0 Å². The van der Waals surface area contributed by atoms with Gasteiger partial charge in [0.15, 0.2) is 0 Å². The van der Waals surface area contributed by atoms with Crippen LogP contribution >= 0.6 is 0 Å². The zero-order valence-corrected chi connectivity index (χ0v) is 7.98. The van der Waals surface area contributed by atoms with E-state index in [-0.39, 0.29) is 16.7 Å². The number of rotatable bonds is 1. The highest BCUT2D eigenvalue weighted by molar-refractivity contribution is 6.24. The largest absolute Gasteiger partial charge is 0.366 e. The first-order valence-electron chi connectivity index (χ1n) is 4.29. The molecule has 5 nitrogen and oxygen atoms in total. The molecule has 3 amide bonds. The van der Waals surface area contributed by atoms with E-state index < -0.39 is 17.7 Å². The molecule has 0 saturated heterocycles. The lowest BCUT2D eigenvalue weighted by Crippen LogP contribution is -2.25. The highest BCUT2D eigenvalue weighted by Crippen LogP contribution is 2.24. The first kappa shape index (κ1) is 9.39. The average molecular weight is 204 g/mol. The maximum absolute atomic E-state index is 11.6. The van der Waals surface area contributed by atoms with Gasteiger partial charge in [0.25, 0.3) is 11.8 Å². The van der Waals surface area contributed by atoms with Gasteiger partial charge in [0, 0.05) is 7.05 Å². The number of fused-ring (bicyclic) bond motifs is 1. The van der Waals surface area contributed by atoms with Gasteiger partial charge in [-0.25, -0.2) is 0 Å². The van der Waals surface area contributed by atoms with Crippen LogP contribution in [-0.2, 0) is 0 Å². The highest BCUT2D eigenvalue weighted by Gasteiger charge is 2.35. The topological polar surface area (TPSA) is 80.5 Å². The fourth-order valence-corrected chi connectivity index (χ4v) is 1.61. The maximum Gasteiger partial charge on any atom is 0.262 e. The van der Waals surface area contributed by atoms with Crippen molar-refractivity contribution in [1.29, 1.82) is 0 Å². The molecule has 76 valence electrons. The average Bonchev–Trinajstić information content (AvgIpc) is 2.44. The van der Waals surface area contributed by atoms with E-state index in [4.69, 9.17) is 5.73 Å². The number of nitrogens with zero attached hydrogens (tertiary/aromatic N) is 1. The quantitative estimate of drug-likeness (QED) is 0.654. The summed E-state index contributed by atoms with van der Waals surface area (Å²) in [5.74, 6) is -1.59. The molecule has 1 heterocycles. The second kappa shape index (κ2) is 2.91. The normalized spacial score (nSPS) is 14.3. The Kier molecular flexibility index (Phi) is 1.82. The van der Waals surface area contributed by atoms with Crippen LogP contribution < -0.4 is 5.73 Å². The Morgan fingerprint density at radius 1 is 1.27 bits per heavy atom. The van der Waals surface area contributed by atoms with Crippen molar-refractivity contribution >= 4 is 17.7 Å². The van der Waals surface area contributed by atoms with Gasteiger partial charge in [-0.05, 0) is 12.1 Å². The van der Waals surface area contributed by atoms with E-state index in [2.05, 4.69) is 0 Å². The van der Waals surface area contributed by atoms with E-state index in [0.717, 1.165) is 4.90 Å². The Morgan fingerprint density at radius 2 is 1.93 bits per heavy atom. The molecule has 0 spiro atoms. The third-order valence-corrected chi connectivity index (χ3v) is 2.38. The zero-order valence-electron chi connectivity index (χ0n) is 7.98. The summed E-state index contributed by atoms with van der Waals surface area (Å²) in [7, 11) is 1.37. The van der Waals surface area contributed by atoms with E-state index in [1.807, 2.05) is 0 Å². The predicted octanol–water partition coefficient (Wildman–Crippen LogP) is 0.0113. The minimum atomic E-state index is -0.705. The molecule has 1 aliphatic rings. The van der Waals surface area contributed by atoms with Gasteiger partial charge < -0.3 is 5.73 Å². The maximum atomic E-state index is 11.6. The molecule has 1 aliphatic heterocycles. The Hall–Kier alpha value is -2.17. The number of imide groups is 1. The van der Waals surface area contributed by atoms with Crippen molar-refractivity contribution in [3.63, 3.8) is 0 Å². The monoisotopic (exact) mass is 204 g/mol. The summed E-state index contributed by atoms with van der Waals surface area (Å²) in [6.07, 6.45) is 0. The highest BCUT2D eigenvalue weighted by atomic mass is 16.2. The van der Waals surface area contributed by atoms with Gasteiger partial charge in [-0.3, -0.25) is 19.3 Å². The van der Waals surface area contributed by atoms with E-state index in [0.29, 0.717) is 0 Å². The molecule has 2 N–H and O–H groups in total. The molecule has 1 aromatic carbocycles. The molecule has 15 heavy (non-hydrogen) atoms. The molecule has 1 aromatic rings. The van der Waals surface area contributed by atoms with Crippen LogP contribution in [0.15, 0.2) is 18.2 Å². The lowest BCUT2D eigenvalue weighted by Gasteiger charge is -2.03. The van der Waals surface area contributed by atoms with Crippen molar-refractivity contribution in [3.05, 3.63) is 34.9 Å². The standard InChI is InChI=1S/C10H8N2O3/c1-12-9(14)6-4-2-3-5(8(11)13)7(6)10(12)15/h2-4H,1H3,(H2,11,13). The van der Waals surface area contributed by atoms with Crippen molar-refractivity contribution in [3.8, 4) is 0 Å². The Bertz CT molecular complexity index is 493. The summed E-state index contributed by atoms with van der Waals surface area (Å²) in [5.41, 5.74) is 5.56. The number of nitrogens with two attached hydrogens (primary N) is 1. The van der Waals surface area contributed by atoms with Gasteiger partial charge in [-0.15, -0.1) is 0 Å². The zero-order chi connectivity index (χ0) is 11.2. The van der Waals surface area contributed by atoms with Crippen LogP contribution in [0.3, 0.4) is 0 Å². The third-order valence-electron chi connectivity index (χ3n) is 2.38. The summed E-state index contributed by atoms with van der Waals surface area (Å²) in [6, 6.07) is 4.47. The van der Waals surface area contributed by atoms with Crippen molar-refractivity contribution in [2.24, 2.45) is 5.73 Å². The van der Waals surface area contributed by atoms with Gasteiger partial charge in [-0.2, -0.15) is 0 Å². The molecular weight excluding hydrogens is 196 g/mol. The molecule has 5 heteroatoms. The second-order valence-corrected chi connectivity index (χ2v) is 3.26. The van der Waals surface area contributed by atoms with Crippen LogP contribution in [-0.4, -0.2) is 29.7 Å². The molecule has 0 radical (unpaired) electrons. The molecule has 0 fully saturated rings. The fraction of sp³-hybridized carbons (Fsp3) is 0.100. The van der Waals surface area contributed by atoms with Gasteiger partial charge >= 0.3 is 0 Å². The number of primary amides is 1.